The van der Waals surface area contributed by atoms with Gasteiger partial charge in [-0.25, -0.2) is 0 Å². The lowest BCUT2D eigenvalue weighted by Gasteiger charge is -2.22. The summed E-state index contributed by atoms with van der Waals surface area (Å²) in [5.41, 5.74) is 0. The molecule has 2 rings (SSSR count). The minimum atomic E-state index is -1.22. The maximum atomic E-state index is 9.68. The fourth-order valence-corrected chi connectivity index (χ4v) is 1.02. The standard InChI is InChI=1S/C9H16O5/c1-9(10,14-5-8-4-13-8)6-11-2-7-3-12-7/h7-8,10H,2-6H2,1H3. The van der Waals surface area contributed by atoms with Crippen molar-refractivity contribution in [1.29, 1.82) is 0 Å². The quantitative estimate of drug-likeness (QED) is 0.448. The Morgan fingerprint density at radius 3 is 2.43 bits per heavy atom. The van der Waals surface area contributed by atoms with Crippen molar-refractivity contribution in [2.45, 2.75) is 24.9 Å². The van der Waals surface area contributed by atoms with Crippen molar-refractivity contribution in [1.82, 2.24) is 0 Å². The predicted octanol–water partition coefficient (Wildman–Crippen LogP) is -0.474. The summed E-state index contributed by atoms with van der Waals surface area (Å²) in [5.74, 6) is -1.22. The van der Waals surface area contributed by atoms with Crippen LogP contribution in [0.3, 0.4) is 0 Å². The minimum Gasteiger partial charge on any atom is -0.373 e. The van der Waals surface area contributed by atoms with Crippen LogP contribution in [0.2, 0.25) is 0 Å². The van der Waals surface area contributed by atoms with E-state index in [1.807, 2.05) is 0 Å². The van der Waals surface area contributed by atoms with E-state index in [4.69, 9.17) is 18.9 Å². The minimum absolute atomic E-state index is 0.160. The normalized spacial score (nSPS) is 33.9. The number of hydrogen-bond acceptors (Lipinski definition) is 5. The second-order valence-corrected chi connectivity index (χ2v) is 3.91. The molecule has 3 atom stereocenters. The Hall–Kier alpha value is -0.200. The number of epoxide rings is 2. The van der Waals surface area contributed by atoms with Gasteiger partial charge < -0.3 is 24.1 Å². The fourth-order valence-electron chi connectivity index (χ4n) is 1.02. The van der Waals surface area contributed by atoms with Gasteiger partial charge in [-0.3, -0.25) is 0 Å². The molecule has 0 saturated carbocycles. The Kier molecular flexibility index (Phi) is 3.04. The van der Waals surface area contributed by atoms with Gasteiger partial charge in [0.2, 0.25) is 0 Å². The maximum absolute atomic E-state index is 9.68. The van der Waals surface area contributed by atoms with E-state index in [1.54, 1.807) is 6.92 Å². The Morgan fingerprint density at radius 2 is 1.86 bits per heavy atom. The Morgan fingerprint density at radius 1 is 1.29 bits per heavy atom. The van der Waals surface area contributed by atoms with Crippen LogP contribution in [-0.2, 0) is 18.9 Å². The molecule has 5 heteroatoms. The summed E-state index contributed by atoms with van der Waals surface area (Å²) < 4.78 is 20.4. The van der Waals surface area contributed by atoms with Crippen molar-refractivity contribution in [3.05, 3.63) is 0 Å². The molecule has 2 saturated heterocycles. The van der Waals surface area contributed by atoms with E-state index >= 15 is 0 Å². The molecule has 0 aliphatic carbocycles. The zero-order valence-corrected chi connectivity index (χ0v) is 8.27. The van der Waals surface area contributed by atoms with Crippen molar-refractivity contribution in [2.75, 3.05) is 33.0 Å². The summed E-state index contributed by atoms with van der Waals surface area (Å²) in [6.07, 6.45) is 0.380. The van der Waals surface area contributed by atoms with Crippen molar-refractivity contribution in [3.8, 4) is 0 Å². The van der Waals surface area contributed by atoms with Gasteiger partial charge in [-0.2, -0.15) is 0 Å². The third-order valence-corrected chi connectivity index (χ3v) is 2.06. The molecule has 0 spiro atoms. The predicted molar refractivity (Wildman–Crippen MR) is 46.9 cm³/mol. The second kappa shape index (κ2) is 4.12. The molecule has 3 unspecified atom stereocenters. The van der Waals surface area contributed by atoms with Crippen LogP contribution in [0.4, 0.5) is 0 Å². The van der Waals surface area contributed by atoms with Crippen molar-refractivity contribution in [3.63, 3.8) is 0 Å². The van der Waals surface area contributed by atoms with Crippen LogP contribution in [-0.4, -0.2) is 56.1 Å². The van der Waals surface area contributed by atoms with Gasteiger partial charge in [-0.1, -0.05) is 0 Å². The molecule has 0 aromatic rings. The Bertz CT molecular complexity index is 186. The van der Waals surface area contributed by atoms with Crippen LogP contribution in [0.25, 0.3) is 0 Å². The number of aliphatic hydroxyl groups is 1. The van der Waals surface area contributed by atoms with Gasteiger partial charge in [0, 0.05) is 0 Å². The van der Waals surface area contributed by atoms with Crippen LogP contribution in [0.5, 0.6) is 0 Å². The van der Waals surface area contributed by atoms with Gasteiger partial charge in [0.25, 0.3) is 0 Å². The van der Waals surface area contributed by atoms with Crippen LogP contribution in [0.1, 0.15) is 6.92 Å². The third-order valence-electron chi connectivity index (χ3n) is 2.06. The monoisotopic (exact) mass is 204 g/mol. The highest BCUT2D eigenvalue weighted by Crippen LogP contribution is 2.15. The van der Waals surface area contributed by atoms with Crippen LogP contribution >= 0.6 is 0 Å². The highest BCUT2D eigenvalue weighted by Gasteiger charge is 2.30. The zero-order chi connectivity index (χ0) is 10.0. The molecular weight excluding hydrogens is 188 g/mol. The number of hydrogen-bond donors (Lipinski definition) is 1. The van der Waals surface area contributed by atoms with Gasteiger partial charge in [-0.15, -0.1) is 0 Å². The molecule has 2 aliphatic rings. The summed E-state index contributed by atoms with van der Waals surface area (Å²) in [6, 6.07) is 0. The lowest BCUT2D eigenvalue weighted by Crippen LogP contribution is -2.36. The van der Waals surface area contributed by atoms with Crippen LogP contribution in [0.15, 0.2) is 0 Å². The average Bonchev–Trinajstić information content (AvgIpc) is 2.97. The van der Waals surface area contributed by atoms with Gasteiger partial charge in [0.05, 0.1) is 26.4 Å². The SMILES string of the molecule is CC(O)(COCC1CO1)OCC1CO1. The summed E-state index contributed by atoms with van der Waals surface area (Å²) in [4.78, 5) is 0. The molecule has 2 fully saturated rings. The van der Waals surface area contributed by atoms with E-state index in [-0.39, 0.29) is 18.8 Å². The maximum Gasteiger partial charge on any atom is 0.186 e. The molecule has 5 nitrogen and oxygen atoms in total. The Labute approximate surface area is 82.9 Å². The first-order valence-corrected chi connectivity index (χ1v) is 4.83. The molecule has 82 valence electrons. The van der Waals surface area contributed by atoms with E-state index in [1.165, 1.54) is 0 Å². The lowest BCUT2D eigenvalue weighted by molar-refractivity contribution is -0.222. The molecule has 0 aromatic heterocycles. The van der Waals surface area contributed by atoms with Crippen molar-refractivity contribution < 1.29 is 24.1 Å². The van der Waals surface area contributed by atoms with E-state index in [0.717, 1.165) is 13.2 Å². The fraction of sp³-hybridized carbons (Fsp3) is 1.00. The topological polar surface area (TPSA) is 63.8 Å². The zero-order valence-electron chi connectivity index (χ0n) is 8.27. The van der Waals surface area contributed by atoms with Gasteiger partial charge in [0.15, 0.2) is 5.79 Å². The van der Waals surface area contributed by atoms with Gasteiger partial charge in [-0.05, 0) is 6.92 Å². The van der Waals surface area contributed by atoms with E-state index < -0.39 is 5.79 Å². The van der Waals surface area contributed by atoms with Gasteiger partial charge in [0.1, 0.15) is 18.8 Å². The molecule has 0 bridgehead atoms. The van der Waals surface area contributed by atoms with Crippen LogP contribution < -0.4 is 0 Å². The average molecular weight is 204 g/mol. The molecule has 1 N–H and O–H groups in total. The van der Waals surface area contributed by atoms with Crippen molar-refractivity contribution in [2.24, 2.45) is 0 Å². The highest BCUT2D eigenvalue weighted by atomic mass is 16.7. The first-order valence-electron chi connectivity index (χ1n) is 4.83. The number of rotatable bonds is 7. The molecule has 2 heterocycles. The molecule has 0 aromatic carbocycles. The van der Waals surface area contributed by atoms with E-state index in [9.17, 15) is 5.11 Å². The van der Waals surface area contributed by atoms with Gasteiger partial charge >= 0.3 is 0 Å². The first kappa shape index (κ1) is 10.3. The molecule has 0 amide bonds. The molecule has 14 heavy (non-hydrogen) atoms. The molecule has 2 aliphatic heterocycles. The largest absolute Gasteiger partial charge is 0.373 e. The van der Waals surface area contributed by atoms with E-state index in [2.05, 4.69) is 0 Å². The van der Waals surface area contributed by atoms with Crippen molar-refractivity contribution >= 4 is 0 Å². The first-order chi connectivity index (χ1) is 6.66. The summed E-state index contributed by atoms with van der Waals surface area (Å²) >= 11 is 0. The lowest BCUT2D eigenvalue weighted by atomic mass is 10.3. The molecule has 0 radical (unpaired) electrons. The van der Waals surface area contributed by atoms with E-state index in [0.29, 0.717) is 13.2 Å². The Balaban J connectivity index is 1.54. The summed E-state index contributed by atoms with van der Waals surface area (Å²) in [5, 5.41) is 9.68. The summed E-state index contributed by atoms with van der Waals surface area (Å²) in [7, 11) is 0. The third kappa shape index (κ3) is 3.89. The summed E-state index contributed by atoms with van der Waals surface area (Å²) in [6.45, 7) is 4.20. The highest BCUT2D eigenvalue weighted by molar-refractivity contribution is 4.71. The molecular formula is C9H16O5. The second-order valence-electron chi connectivity index (χ2n) is 3.91. The smallest absolute Gasteiger partial charge is 0.186 e. The number of ether oxygens (including phenoxy) is 4. The van der Waals surface area contributed by atoms with Crippen LogP contribution in [0, 0.1) is 0 Å².